The number of ketones is 1. The van der Waals surface area contributed by atoms with Crippen LogP contribution in [0.1, 0.15) is 38.5 Å². The average Bonchev–Trinajstić information content (AvgIpc) is 2.71. The molecule has 0 bridgehead atoms. The molecule has 2 nitrogen and oxygen atoms in total. The molecule has 2 atom stereocenters. The van der Waals surface area contributed by atoms with E-state index in [9.17, 15) is 4.79 Å². The van der Waals surface area contributed by atoms with Gasteiger partial charge in [0.25, 0.3) is 0 Å². The van der Waals surface area contributed by atoms with Gasteiger partial charge in [0.15, 0.2) is 0 Å². The highest BCUT2D eigenvalue weighted by molar-refractivity contribution is 5.80. The molecule has 13 heavy (non-hydrogen) atoms. The molecular weight excluding hydrogens is 164 g/mol. The highest BCUT2D eigenvalue weighted by Gasteiger charge is 2.23. The Balaban J connectivity index is 1.64. The van der Waals surface area contributed by atoms with E-state index in [0.717, 1.165) is 38.4 Å². The first-order valence-electron chi connectivity index (χ1n) is 5.44. The third-order valence-electron chi connectivity index (χ3n) is 3.35. The Labute approximate surface area is 79.7 Å². The molecule has 0 aromatic rings. The predicted molar refractivity (Wildman–Crippen MR) is 50.5 cm³/mol. The predicted octanol–water partition coefficient (Wildman–Crippen LogP) is 2.17. The molecule has 2 heteroatoms. The molecule has 2 unspecified atom stereocenters. The highest BCUT2D eigenvalue weighted by Crippen LogP contribution is 2.29. The quantitative estimate of drug-likeness (QED) is 0.668. The van der Waals surface area contributed by atoms with Crippen LogP contribution in [0.25, 0.3) is 0 Å². The first-order chi connectivity index (χ1) is 6.34. The second-order valence-electron chi connectivity index (χ2n) is 4.45. The van der Waals surface area contributed by atoms with E-state index in [4.69, 9.17) is 4.74 Å². The maximum atomic E-state index is 11.0. The minimum atomic E-state index is 0.479. The molecule has 0 aromatic carbocycles. The van der Waals surface area contributed by atoms with Crippen LogP contribution < -0.4 is 0 Å². The number of rotatable bonds is 3. The summed E-state index contributed by atoms with van der Waals surface area (Å²) in [6, 6.07) is 0. The van der Waals surface area contributed by atoms with Crippen LogP contribution >= 0.6 is 0 Å². The number of carbonyl (C=O) groups is 1. The van der Waals surface area contributed by atoms with Crippen molar-refractivity contribution in [3.63, 3.8) is 0 Å². The third kappa shape index (κ3) is 2.53. The fraction of sp³-hybridized carbons (Fsp3) is 0.909. The lowest BCUT2D eigenvalue weighted by Gasteiger charge is -2.10. The lowest BCUT2D eigenvalue weighted by atomic mass is 9.94. The van der Waals surface area contributed by atoms with Crippen molar-refractivity contribution in [2.24, 2.45) is 11.8 Å². The smallest absolute Gasteiger partial charge is 0.133 e. The molecule has 1 saturated heterocycles. The van der Waals surface area contributed by atoms with Gasteiger partial charge >= 0.3 is 0 Å². The van der Waals surface area contributed by atoms with Crippen molar-refractivity contribution in [1.29, 1.82) is 0 Å². The summed E-state index contributed by atoms with van der Waals surface area (Å²) in [5.41, 5.74) is 0. The summed E-state index contributed by atoms with van der Waals surface area (Å²) in [6.07, 6.45) is 6.60. The van der Waals surface area contributed by atoms with Crippen LogP contribution in [0.5, 0.6) is 0 Å². The van der Waals surface area contributed by atoms with Gasteiger partial charge in [0.2, 0.25) is 0 Å². The molecular formula is C11H18O2. The van der Waals surface area contributed by atoms with Gasteiger partial charge in [0, 0.05) is 26.1 Å². The number of hydrogen-bond donors (Lipinski definition) is 0. The van der Waals surface area contributed by atoms with Crippen molar-refractivity contribution in [2.75, 3.05) is 13.2 Å². The van der Waals surface area contributed by atoms with Gasteiger partial charge in [-0.25, -0.2) is 0 Å². The molecule has 0 amide bonds. The van der Waals surface area contributed by atoms with E-state index in [1.165, 1.54) is 19.3 Å². The summed E-state index contributed by atoms with van der Waals surface area (Å²) in [7, 11) is 0. The van der Waals surface area contributed by atoms with Gasteiger partial charge in [-0.05, 0) is 37.5 Å². The van der Waals surface area contributed by atoms with Crippen molar-refractivity contribution in [3.8, 4) is 0 Å². The van der Waals surface area contributed by atoms with Gasteiger partial charge in [0.05, 0.1) is 0 Å². The third-order valence-corrected chi connectivity index (χ3v) is 3.35. The molecule has 0 radical (unpaired) electrons. The molecule has 0 spiro atoms. The van der Waals surface area contributed by atoms with Crippen molar-refractivity contribution in [2.45, 2.75) is 38.5 Å². The Morgan fingerprint density at radius 2 is 2.08 bits per heavy atom. The fourth-order valence-electron chi connectivity index (χ4n) is 2.42. The lowest BCUT2D eigenvalue weighted by Crippen LogP contribution is -2.03. The summed E-state index contributed by atoms with van der Waals surface area (Å²) >= 11 is 0. The van der Waals surface area contributed by atoms with E-state index < -0.39 is 0 Å². The van der Waals surface area contributed by atoms with Gasteiger partial charge in [-0.2, -0.15) is 0 Å². The summed E-state index contributed by atoms with van der Waals surface area (Å²) in [5.74, 6) is 1.97. The van der Waals surface area contributed by atoms with Gasteiger partial charge < -0.3 is 4.74 Å². The normalized spacial score (nSPS) is 34.3. The molecule has 0 aromatic heterocycles. The number of ether oxygens (including phenoxy) is 1. The lowest BCUT2D eigenvalue weighted by molar-refractivity contribution is -0.117. The SMILES string of the molecule is O=C1CCC(CCC2CCOC2)C1. The summed E-state index contributed by atoms with van der Waals surface area (Å²) in [6.45, 7) is 1.91. The Morgan fingerprint density at radius 1 is 1.23 bits per heavy atom. The highest BCUT2D eigenvalue weighted by atomic mass is 16.5. The van der Waals surface area contributed by atoms with Crippen LogP contribution in [0.4, 0.5) is 0 Å². The standard InChI is InChI=1S/C11H18O2/c12-11-4-3-9(7-11)1-2-10-5-6-13-8-10/h9-10H,1-8H2. The maximum absolute atomic E-state index is 11.0. The molecule has 2 aliphatic rings. The van der Waals surface area contributed by atoms with Crippen molar-refractivity contribution in [3.05, 3.63) is 0 Å². The van der Waals surface area contributed by atoms with Crippen molar-refractivity contribution < 1.29 is 9.53 Å². The number of hydrogen-bond acceptors (Lipinski definition) is 2. The molecule has 1 aliphatic heterocycles. The first-order valence-corrected chi connectivity index (χ1v) is 5.44. The maximum Gasteiger partial charge on any atom is 0.133 e. The minimum Gasteiger partial charge on any atom is -0.381 e. The average molecular weight is 182 g/mol. The van der Waals surface area contributed by atoms with Crippen LogP contribution in [0.15, 0.2) is 0 Å². The summed E-state index contributed by atoms with van der Waals surface area (Å²) in [4.78, 5) is 11.0. The van der Waals surface area contributed by atoms with Crippen LogP contribution in [0.2, 0.25) is 0 Å². The van der Waals surface area contributed by atoms with Gasteiger partial charge in [0.1, 0.15) is 5.78 Å². The minimum absolute atomic E-state index is 0.479. The van der Waals surface area contributed by atoms with Gasteiger partial charge in [-0.15, -0.1) is 0 Å². The Bertz CT molecular complexity index is 183. The zero-order chi connectivity index (χ0) is 9.10. The fourth-order valence-corrected chi connectivity index (χ4v) is 2.42. The van der Waals surface area contributed by atoms with Crippen LogP contribution in [-0.2, 0) is 9.53 Å². The summed E-state index contributed by atoms with van der Waals surface area (Å²) < 4.78 is 5.33. The molecule has 1 aliphatic carbocycles. The second-order valence-corrected chi connectivity index (χ2v) is 4.45. The molecule has 2 fully saturated rings. The number of Topliss-reactive ketones (excluding diaryl/α,β-unsaturated/α-hetero) is 1. The van der Waals surface area contributed by atoms with Gasteiger partial charge in [-0.3, -0.25) is 4.79 Å². The molecule has 2 rings (SSSR count). The van der Waals surface area contributed by atoms with Crippen LogP contribution in [-0.4, -0.2) is 19.0 Å². The molecule has 74 valence electrons. The summed E-state index contributed by atoms with van der Waals surface area (Å²) in [5, 5.41) is 0. The Kier molecular flexibility index (Phi) is 2.99. The zero-order valence-corrected chi connectivity index (χ0v) is 8.13. The molecule has 1 saturated carbocycles. The Morgan fingerprint density at radius 3 is 2.69 bits per heavy atom. The van der Waals surface area contributed by atoms with Crippen LogP contribution in [0.3, 0.4) is 0 Å². The van der Waals surface area contributed by atoms with Crippen molar-refractivity contribution >= 4 is 5.78 Å². The van der Waals surface area contributed by atoms with E-state index in [-0.39, 0.29) is 0 Å². The topological polar surface area (TPSA) is 26.3 Å². The first kappa shape index (κ1) is 9.20. The van der Waals surface area contributed by atoms with E-state index in [2.05, 4.69) is 0 Å². The second kappa shape index (κ2) is 4.23. The largest absolute Gasteiger partial charge is 0.381 e. The molecule has 1 heterocycles. The van der Waals surface area contributed by atoms with Crippen LogP contribution in [0, 0.1) is 11.8 Å². The number of carbonyl (C=O) groups excluding carboxylic acids is 1. The Hall–Kier alpha value is -0.370. The molecule has 0 N–H and O–H groups in total. The monoisotopic (exact) mass is 182 g/mol. The van der Waals surface area contributed by atoms with Gasteiger partial charge in [-0.1, -0.05) is 0 Å². The van der Waals surface area contributed by atoms with E-state index in [0.29, 0.717) is 11.7 Å². The van der Waals surface area contributed by atoms with Crippen molar-refractivity contribution in [1.82, 2.24) is 0 Å². The van der Waals surface area contributed by atoms with E-state index in [1.54, 1.807) is 0 Å². The van der Waals surface area contributed by atoms with E-state index >= 15 is 0 Å². The zero-order valence-electron chi connectivity index (χ0n) is 8.13. The van der Waals surface area contributed by atoms with E-state index in [1.807, 2.05) is 0 Å².